The van der Waals surface area contributed by atoms with Crippen LogP contribution in [0.25, 0.3) is 11.2 Å². The van der Waals surface area contributed by atoms with Gasteiger partial charge in [-0.1, -0.05) is 0 Å². The van der Waals surface area contributed by atoms with E-state index < -0.39 is 17.6 Å². The van der Waals surface area contributed by atoms with E-state index in [1.54, 1.807) is 6.20 Å². The molecule has 11 heteroatoms. The van der Waals surface area contributed by atoms with Crippen molar-refractivity contribution in [3.63, 3.8) is 0 Å². The van der Waals surface area contributed by atoms with E-state index in [0.717, 1.165) is 0 Å². The standard InChI is InChI=1S/C11H12N8O3/c12-6(10(21)22)1-5-2-18(3-14-5)19-4-15-7-8(19)16-11(13)17-9(7)20/h2-4,6H,1,12H2,(H,21,22)(H3,13,16,17,20)/t6-/m0/s1. The van der Waals surface area contributed by atoms with Crippen LogP contribution in [-0.4, -0.2) is 46.4 Å². The summed E-state index contributed by atoms with van der Waals surface area (Å²) in [7, 11) is 0. The number of rotatable bonds is 4. The predicted octanol–water partition coefficient (Wildman–Crippen LogP) is -1.84. The summed E-state index contributed by atoms with van der Waals surface area (Å²) < 4.78 is 2.97. The zero-order valence-corrected chi connectivity index (χ0v) is 11.2. The molecular formula is C11H12N8O3. The highest BCUT2D eigenvalue weighted by molar-refractivity contribution is 5.73. The molecule has 0 saturated heterocycles. The fourth-order valence-electron chi connectivity index (χ4n) is 1.97. The molecule has 0 amide bonds. The first kappa shape index (κ1) is 13.8. The highest BCUT2D eigenvalue weighted by Gasteiger charge is 2.15. The number of nitrogens with one attached hydrogen (secondary N) is 1. The molecule has 3 rings (SSSR count). The minimum absolute atomic E-state index is 0.0347. The van der Waals surface area contributed by atoms with Crippen molar-refractivity contribution in [1.82, 2.24) is 29.3 Å². The number of anilines is 1. The summed E-state index contributed by atoms with van der Waals surface area (Å²) in [6, 6.07) is -1.04. The van der Waals surface area contributed by atoms with Crippen LogP contribution in [-0.2, 0) is 11.2 Å². The maximum Gasteiger partial charge on any atom is 0.320 e. The van der Waals surface area contributed by atoms with Crippen molar-refractivity contribution in [1.29, 1.82) is 0 Å². The van der Waals surface area contributed by atoms with Gasteiger partial charge in [0.2, 0.25) is 5.95 Å². The molecule has 0 fully saturated rings. The van der Waals surface area contributed by atoms with Crippen LogP contribution >= 0.6 is 0 Å². The molecule has 22 heavy (non-hydrogen) atoms. The smallest absolute Gasteiger partial charge is 0.320 e. The number of imidazole rings is 2. The van der Waals surface area contributed by atoms with Crippen LogP contribution in [0.4, 0.5) is 5.95 Å². The van der Waals surface area contributed by atoms with Crippen LogP contribution in [0, 0.1) is 0 Å². The minimum Gasteiger partial charge on any atom is -0.480 e. The number of nitrogens with two attached hydrogens (primary N) is 2. The predicted molar refractivity (Wildman–Crippen MR) is 74.9 cm³/mol. The molecule has 0 spiro atoms. The number of fused-ring (bicyclic) bond motifs is 1. The molecule has 0 aliphatic rings. The van der Waals surface area contributed by atoms with E-state index in [1.165, 1.54) is 22.0 Å². The summed E-state index contributed by atoms with van der Waals surface area (Å²) in [6.45, 7) is 0. The van der Waals surface area contributed by atoms with Gasteiger partial charge in [0.25, 0.3) is 5.56 Å². The fourth-order valence-corrected chi connectivity index (χ4v) is 1.97. The number of H-pyrrole nitrogens is 1. The van der Waals surface area contributed by atoms with Gasteiger partial charge < -0.3 is 16.6 Å². The number of aromatic amines is 1. The summed E-state index contributed by atoms with van der Waals surface area (Å²) >= 11 is 0. The van der Waals surface area contributed by atoms with Crippen molar-refractivity contribution >= 4 is 23.1 Å². The minimum atomic E-state index is -1.11. The third kappa shape index (κ3) is 2.29. The first-order valence-electron chi connectivity index (χ1n) is 6.20. The second-order valence-corrected chi connectivity index (χ2v) is 4.61. The van der Waals surface area contributed by atoms with Crippen molar-refractivity contribution in [2.24, 2.45) is 5.73 Å². The molecule has 0 radical (unpaired) electrons. The molecule has 11 nitrogen and oxygen atoms in total. The molecule has 114 valence electrons. The summed E-state index contributed by atoms with van der Waals surface area (Å²) in [5, 5.41) is 8.80. The Balaban J connectivity index is 2.00. The monoisotopic (exact) mass is 304 g/mol. The topological polar surface area (TPSA) is 171 Å². The van der Waals surface area contributed by atoms with Gasteiger partial charge in [0.1, 0.15) is 18.7 Å². The molecule has 3 aromatic heterocycles. The number of aromatic nitrogens is 6. The Hall–Kier alpha value is -3.21. The Morgan fingerprint density at radius 1 is 1.41 bits per heavy atom. The number of carbonyl (C=O) groups is 1. The summed E-state index contributed by atoms with van der Waals surface area (Å²) in [5.41, 5.74) is 11.4. The van der Waals surface area contributed by atoms with Gasteiger partial charge in [-0.05, 0) is 0 Å². The Labute approximate surface area is 122 Å². The van der Waals surface area contributed by atoms with E-state index in [4.69, 9.17) is 16.6 Å². The molecule has 3 aromatic rings. The number of hydrogen-bond acceptors (Lipinski definition) is 7. The maximum atomic E-state index is 11.7. The van der Waals surface area contributed by atoms with Crippen molar-refractivity contribution in [2.45, 2.75) is 12.5 Å². The third-order valence-corrected chi connectivity index (χ3v) is 3.03. The second kappa shape index (κ2) is 4.96. The Morgan fingerprint density at radius 3 is 2.91 bits per heavy atom. The molecule has 0 saturated carbocycles. The van der Waals surface area contributed by atoms with Crippen LogP contribution in [0.3, 0.4) is 0 Å². The van der Waals surface area contributed by atoms with Crippen LogP contribution in [0.1, 0.15) is 5.69 Å². The van der Waals surface area contributed by atoms with Crippen LogP contribution < -0.4 is 17.0 Å². The number of aliphatic carboxylic acids is 1. The number of nitrogens with zero attached hydrogens (tertiary/aromatic N) is 5. The quantitative estimate of drug-likeness (QED) is 0.435. The lowest BCUT2D eigenvalue weighted by Gasteiger charge is -2.04. The Kier molecular flexibility index (Phi) is 3.10. The Bertz CT molecular complexity index is 908. The van der Waals surface area contributed by atoms with E-state index in [-0.39, 0.29) is 23.5 Å². The number of hydrogen-bond donors (Lipinski definition) is 4. The molecule has 0 aromatic carbocycles. The Morgan fingerprint density at radius 2 is 2.18 bits per heavy atom. The molecule has 0 aliphatic carbocycles. The second-order valence-electron chi connectivity index (χ2n) is 4.61. The van der Waals surface area contributed by atoms with Gasteiger partial charge in [-0.15, -0.1) is 0 Å². The fraction of sp³-hybridized carbons (Fsp3) is 0.182. The van der Waals surface area contributed by atoms with Gasteiger partial charge in [0.15, 0.2) is 11.2 Å². The number of nitrogen functional groups attached to an aromatic ring is 1. The van der Waals surface area contributed by atoms with Crippen molar-refractivity contribution < 1.29 is 9.90 Å². The average molecular weight is 304 g/mol. The highest BCUT2D eigenvalue weighted by Crippen LogP contribution is 2.08. The van der Waals surface area contributed by atoms with E-state index >= 15 is 0 Å². The zero-order chi connectivity index (χ0) is 15.9. The van der Waals surface area contributed by atoms with E-state index in [1.807, 2.05) is 0 Å². The maximum absolute atomic E-state index is 11.7. The lowest BCUT2D eigenvalue weighted by Crippen LogP contribution is -2.32. The summed E-state index contributed by atoms with van der Waals surface area (Å²) in [4.78, 5) is 36.9. The van der Waals surface area contributed by atoms with E-state index in [2.05, 4.69) is 19.9 Å². The van der Waals surface area contributed by atoms with Gasteiger partial charge in [0, 0.05) is 6.42 Å². The van der Waals surface area contributed by atoms with Gasteiger partial charge in [0.05, 0.1) is 11.9 Å². The van der Waals surface area contributed by atoms with Crippen LogP contribution in [0.5, 0.6) is 0 Å². The molecule has 1 atom stereocenters. The SMILES string of the molecule is Nc1nc2c(ncn2-n2cnc(C[C@H](N)C(=O)O)c2)c(=O)[nH]1. The average Bonchev–Trinajstić information content (AvgIpc) is 3.04. The van der Waals surface area contributed by atoms with Gasteiger partial charge in [-0.3, -0.25) is 14.6 Å². The largest absolute Gasteiger partial charge is 0.480 e. The zero-order valence-electron chi connectivity index (χ0n) is 11.2. The van der Waals surface area contributed by atoms with E-state index in [0.29, 0.717) is 5.69 Å². The molecular weight excluding hydrogens is 292 g/mol. The molecule has 6 N–H and O–H groups in total. The lowest BCUT2D eigenvalue weighted by atomic mass is 10.2. The number of carboxylic acids is 1. The normalized spacial score (nSPS) is 12.6. The lowest BCUT2D eigenvalue weighted by molar-refractivity contribution is -0.138. The van der Waals surface area contributed by atoms with Gasteiger partial charge in [-0.25, -0.2) is 19.3 Å². The van der Waals surface area contributed by atoms with Gasteiger partial charge >= 0.3 is 5.97 Å². The van der Waals surface area contributed by atoms with Crippen LogP contribution in [0.15, 0.2) is 23.6 Å². The molecule has 3 heterocycles. The molecule has 0 unspecified atom stereocenters. The molecule has 0 bridgehead atoms. The highest BCUT2D eigenvalue weighted by atomic mass is 16.4. The first-order chi connectivity index (χ1) is 10.5. The van der Waals surface area contributed by atoms with Crippen molar-refractivity contribution in [2.75, 3.05) is 5.73 Å². The first-order valence-corrected chi connectivity index (χ1v) is 6.20. The van der Waals surface area contributed by atoms with Crippen LogP contribution in [0.2, 0.25) is 0 Å². The van der Waals surface area contributed by atoms with E-state index in [9.17, 15) is 9.59 Å². The number of carboxylic acid groups (broad SMARTS) is 1. The van der Waals surface area contributed by atoms with Crippen molar-refractivity contribution in [3.8, 4) is 0 Å². The third-order valence-electron chi connectivity index (χ3n) is 3.03. The van der Waals surface area contributed by atoms with Crippen molar-refractivity contribution in [3.05, 3.63) is 34.9 Å². The summed E-state index contributed by atoms with van der Waals surface area (Å²) in [5.74, 6) is -1.14. The summed E-state index contributed by atoms with van der Waals surface area (Å²) in [6.07, 6.45) is 4.47. The molecule has 0 aliphatic heterocycles. The van der Waals surface area contributed by atoms with Gasteiger partial charge in [-0.2, -0.15) is 4.98 Å².